The molecule has 3 N–H and O–H groups in total. The van der Waals surface area contributed by atoms with Gasteiger partial charge in [-0.25, -0.2) is 0 Å². The third-order valence-corrected chi connectivity index (χ3v) is 3.25. The second kappa shape index (κ2) is 9.46. The Morgan fingerprint density at radius 3 is 2.29 bits per heavy atom. The highest BCUT2D eigenvalue weighted by Crippen LogP contribution is 2.14. The molecule has 0 heterocycles. The first-order valence-electron chi connectivity index (χ1n) is 7.06. The minimum absolute atomic E-state index is 0.00222. The Kier molecular flexibility index (Phi) is 9.14. The molecule has 0 aromatic heterocycles. The van der Waals surface area contributed by atoms with E-state index in [1.54, 1.807) is 0 Å². The molecule has 0 saturated heterocycles. The highest BCUT2D eigenvalue weighted by Gasteiger charge is 2.18. The van der Waals surface area contributed by atoms with Gasteiger partial charge in [-0.05, 0) is 24.7 Å². The summed E-state index contributed by atoms with van der Waals surface area (Å²) in [7, 11) is 0. The minimum Gasteiger partial charge on any atom is -0.354 e. The lowest BCUT2D eigenvalue weighted by molar-refractivity contribution is -0.123. The predicted molar refractivity (Wildman–Crippen MR) is 73.7 cm³/mol. The fraction of sp³-hybridized carbons (Fsp3) is 0.929. The molecule has 0 saturated carbocycles. The van der Waals surface area contributed by atoms with Crippen LogP contribution in [-0.2, 0) is 4.79 Å². The molecular weight excluding hydrogens is 212 g/mol. The van der Waals surface area contributed by atoms with Crippen molar-refractivity contribution < 1.29 is 4.79 Å². The van der Waals surface area contributed by atoms with E-state index < -0.39 is 0 Å². The molecule has 0 spiro atoms. The molecule has 0 bridgehead atoms. The van der Waals surface area contributed by atoms with Crippen LogP contribution in [0.15, 0.2) is 0 Å². The van der Waals surface area contributed by atoms with Crippen molar-refractivity contribution in [1.82, 2.24) is 5.32 Å². The highest BCUT2D eigenvalue weighted by atomic mass is 16.2. The van der Waals surface area contributed by atoms with Crippen LogP contribution in [0, 0.1) is 11.8 Å². The van der Waals surface area contributed by atoms with Gasteiger partial charge in [0.1, 0.15) is 0 Å². The Balaban J connectivity index is 3.97. The molecule has 0 rings (SSSR count). The number of nitrogens with one attached hydrogen (secondary N) is 1. The van der Waals surface area contributed by atoms with E-state index in [2.05, 4.69) is 19.2 Å². The van der Waals surface area contributed by atoms with E-state index >= 15 is 0 Å². The van der Waals surface area contributed by atoms with Gasteiger partial charge < -0.3 is 11.1 Å². The van der Waals surface area contributed by atoms with Crippen molar-refractivity contribution in [3.05, 3.63) is 0 Å². The third kappa shape index (κ3) is 7.37. The molecule has 1 unspecified atom stereocenters. The van der Waals surface area contributed by atoms with Crippen molar-refractivity contribution in [2.45, 2.75) is 65.8 Å². The fourth-order valence-electron chi connectivity index (χ4n) is 1.92. The predicted octanol–water partition coefficient (Wildman–Crippen LogP) is 2.69. The van der Waals surface area contributed by atoms with Gasteiger partial charge in [-0.15, -0.1) is 0 Å². The summed E-state index contributed by atoms with van der Waals surface area (Å²) in [6, 6.07) is -0.372. The molecule has 2 atom stereocenters. The number of carbonyl (C=O) groups is 1. The largest absolute Gasteiger partial charge is 0.354 e. The zero-order chi connectivity index (χ0) is 13.3. The summed E-state index contributed by atoms with van der Waals surface area (Å²) >= 11 is 0. The van der Waals surface area contributed by atoms with Crippen LogP contribution in [0.3, 0.4) is 0 Å². The van der Waals surface area contributed by atoms with E-state index in [1.807, 2.05) is 13.8 Å². The average Bonchev–Trinajstić information content (AvgIpc) is 2.31. The molecular formula is C14H30N2O. The van der Waals surface area contributed by atoms with Crippen LogP contribution in [-0.4, -0.2) is 18.5 Å². The molecule has 0 aromatic rings. The Labute approximate surface area is 107 Å². The van der Waals surface area contributed by atoms with Gasteiger partial charge in [0.15, 0.2) is 0 Å². The molecule has 3 heteroatoms. The van der Waals surface area contributed by atoms with Gasteiger partial charge >= 0.3 is 0 Å². The van der Waals surface area contributed by atoms with Crippen molar-refractivity contribution in [3.63, 3.8) is 0 Å². The first kappa shape index (κ1) is 16.4. The van der Waals surface area contributed by atoms with Crippen LogP contribution in [0.4, 0.5) is 0 Å². The van der Waals surface area contributed by atoms with E-state index in [-0.39, 0.29) is 17.9 Å². The van der Waals surface area contributed by atoms with Gasteiger partial charge in [-0.3, -0.25) is 4.79 Å². The summed E-state index contributed by atoms with van der Waals surface area (Å²) in [5.74, 6) is 0.816. The molecule has 0 aliphatic rings. The molecule has 17 heavy (non-hydrogen) atoms. The maximum Gasteiger partial charge on any atom is 0.237 e. The average molecular weight is 242 g/mol. The van der Waals surface area contributed by atoms with E-state index in [0.717, 1.165) is 6.54 Å². The number of carbonyl (C=O) groups excluding carboxylic acids is 1. The second-order valence-corrected chi connectivity index (χ2v) is 5.31. The SMILES string of the molecule is CCCCC(CCC)CNC(=O)[C@@H](N)C(C)C. The van der Waals surface area contributed by atoms with Crippen molar-refractivity contribution in [2.24, 2.45) is 17.6 Å². The van der Waals surface area contributed by atoms with Gasteiger partial charge in [0.25, 0.3) is 0 Å². The van der Waals surface area contributed by atoms with E-state index in [4.69, 9.17) is 5.73 Å². The topological polar surface area (TPSA) is 55.1 Å². The van der Waals surface area contributed by atoms with Gasteiger partial charge in [-0.1, -0.05) is 47.0 Å². The Morgan fingerprint density at radius 1 is 1.18 bits per heavy atom. The van der Waals surface area contributed by atoms with Crippen molar-refractivity contribution in [2.75, 3.05) is 6.54 Å². The third-order valence-electron chi connectivity index (χ3n) is 3.25. The van der Waals surface area contributed by atoms with Crippen LogP contribution >= 0.6 is 0 Å². The van der Waals surface area contributed by atoms with Crippen LogP contribution in [0.2, 0.25) is 0 Å². The van der Waals surface area contributed by atoms with Gasteiger partial charge in [0.2, 0.25) is 5.91 Å². The maximum atomic E-state index is 11.7. The summed E-state index contributed by atoms with van der Waals surface area (Å²) in [6.45, 7) is 9.14. The van der Waals surface area contributed by atoms with E-state index in [9.17, 15) is 4.79 Å². The smallest absolute Gasteiger partial charge is 0.237 e. The monoisotopic (exact) mass is 242 g/mol. The number of nitrogens with two attached hydrogens (primary N) is 1. The number of rotatable bonds is 9. The highest BCUT2D eigenvalue weighted by molar-refractivity contribution is 5.81. The number of unbranched alkanes of at least 4 members (excludes halogenated alkanes) is 1. The maximum absolute atomic E-state index is 11.7. The molecule has 0 aromatic carbocycles. The molecule has 0 aliphatic heterocycles. The van der Waals surface area contributed by atoms with Crippen molar-refractivity contribution in [1.29, 1.82) is 0 Å². The lowest BCUT2D eigenvalue weighted by Gasteiger charge is -2.20. The first-order chi connectivity index (χ1) is 8.02. The van der Waals surface area contributed by atoms with Crippen LogP contribution in [0.25, 0.3) is 0 Å². The summed E-state index contributed by atoms with van der Waals surface area (Å²) in [6.07, 6.45) is 6.05. The van der Waals surface area contributed by atoms with E-state index in [0.29, 0.717) is 5.92 Å². The molecule has 3 nitrogen and oxygen atoms in total. The van der Waals surface area contributed by atoms with Gasteiger partial charge in [0.05, 0.1) is 6.04 Å². The standard InChI is InChI=1S/C14H30N2O/c1-5-7-9-12(8-6-2)10-16-14(17)13(15)11(3)4/h11-13H,5-10,15H2,1-4H3,(H,16,17)/t12?,13-/m0/s1. The van der Waals surface area contributed by atoms with Gasteiger partial charge in [-0.2, -0.15) is 0 Å². The zero-order valence-corrected chi connectivity index (χ0v) is 12.0. The molecule has 0 aliphatic carbocycles. The number of hydrogen-bond donors (Lipinski definition) is 2. The molecule has 1 amide bonds. The van der Waals surface area contributed by atoms with Crippen molar-refractivity contribution >= 4 is 5.91 Å². The van der Waals surface area contributed by atoms with Gasteiger partial charge in [0, 0.05) is 6.54 Å². The zero-order valence-electron chi connectivity index (χ0n) is 12.0. The Hall–Kier alpha value is -0.570. The second-order valence-electron chi connectivity index (χ2n) is 5.31. The van der Waals surface area contributed by atoms with Crippen LogP contribution in [0.1, 0.15) is 59.8 Å². The fourth-order valence-corrected chi connectivity index (χ4v) is 1.92. The van der Waals surface area contributed by atoms with Crippen LogP contribution in [0.5, 0.6) is 0 Å². The molecule has 102 valence electrons. The Bertz CT molecular complexity index is 204. The Morgan fingerprint density at radius 2 is 1.82 bits per heavy atom. The number of amides is 1. The quantitative estimate of drug-likeness (QED) is 0.653. The first-order valence-corrected chi connectivity index (χ1v) is 7.06. The van der Waals surface area contributed by atoms with E-state index in [1.165, 1.54) is 32.1 Å². The lowest BCUT2D eigenvalue weighted by atomic mass is 9.96. The molecule has 0 fully saturated rings. The van der Waals surface area contributed by atoms with Crippen LogP contribution < -0.4 is 11.1 Å². The van der Waals surface area contributed by atoms with Crippen molar-refractivity contribution in [3.8, 4) is 0 Å². The summed E-state index contributed by atoms with van der Waals surface area (Å²) in [4.78, 5) is 11.7. The summed E-state index contributed by atoms with van der Waals surface area (Å²) in [5, 5.41) is 2.99. The summed E-state index contributed by atoms with van der Waals surface area (Å²) in [5.41, 5.74) is 5.81. The lowest BCUT2D eigenvalue weighted by Crippen LogP contribution is -2.45. The molecule has 0 radical (unpaired) electrons. The normalized spacial score (nSPS) is 14.7. The summed E-state index contributed by atoms with van der Waals surface area (Å²) < 4.78 is 0. The minimum atomic E-state index is -0.372. The number of hydrogen-bond acceptors (Lipinski definition) is 2.